The van der Waals surface area contributed by atoms with Gasteiger partial charge in [0.15, 0.2) is 0 Å². The SMILES string of the molecule is CNC(=O)N(C)Cc1cccc(C(N)=S)c1. The molecule has 4 nitrogen and oxygen atoms in total. The van der Waals surface area contributed by atoms with E-state index in [1.807, 2.05) is 24.3 Å². The molecule has 0 aromatic heterocycles. The van der Waals surface area contributed by atoms with Crippen LogP contribution in [0.3, 0.4) is 0 Å². The highest BCUT2D eigenvalue weighted by atomic mass is 32.1. The minimum absolute atomic E-state index is 0.124. The quantitative estimate of drug-likeness (QED) is 0.774. The molecule has 0 aliphatic rings. The summed E-state index contributed by atoms with van der Waals surface area (Å²) in [5.41, 5.74) is 7.35. The number of hydrogen-bond acceptors (Lipinski definition) is 2. The molecule has 0 bridgehead atoms. The zero-order valence-corrected chi connectivity index (χ0v) is 10.2. The van der Waals surface area contributed by atoms with Crippen molar-refractivity contribution in [2.45, 2.75) is 6.54 Å². The lowest BCUT2D eigenvalue weighted by atomic mass is 10.1. The van der Waals surface area contributed by atoms with Gasteiger partial charge in [0.1, 0.15) is 4.99 Å². The summed E-state index contributed by atoms with van der Waals surface area (Å²) in [7, 11) is 3.33. The minimum atomic E-state index is -0.124. The van der Waals surface area contributed by atoms with Crippen molar-refractivity contribution >= 4 is 23.2 Å². The van der Waals surface area contributed by atoms with Gasteiger partial charge in [-0.3, -0.25) is 0 Å². The Labute approximate surface area is 100 Å². The van der Waals surface area contributed by atoms with E-state index >= 15 is 0 Å². The lowest BCUT2D eigenvalue weighted by molar-refractivity contribution is 0.209. The third kappa shape index (κ3) is 3.20. The van der Waals surface area contributed by atoms with Crippen LogP contribution >= 0.6 is 12.2 Å². The van der Waals surface area contributed by atoms with Crippen molar-refractivity contribution in [3.63, 3.8) is 0 Å². The Morgan fingerprint density at radius 3 is 2.81 bits per heavy atom. The van der Waals surface area contributed by atoms with Gasteiger partial charge in [-0.25, -0.2) is 4.79 Å². The summed E-state index contributed by atoms with van der Waals surface area (Å²) >= 11 is 4.89. The van der Waals surface area contributed by atoms with E-state index in [4.69, 9.17) is 18.0 Å². The van der Waals surface area contributed by atoms with Crippen LogP contribution < -0.4 is 11.1 Å². The maximum absolute atomic E-state index is 11.3. The van der Waals surface area contributed by atoms with Gasteiger partial charge in [-0.05, 0) is 11.6 Å². The van der Waals surface area contributed by atoms with Gasteiger partial charge in [0.2, 0.25) is 0 Å². The van der Waals surface area contributed by atoms with Crippen LogP contribution in [0.15, 0.2) is 24.3 Å². The molecule has 0 aliphatic heterocycles. The van der Waals surface area contributed by atoms with Crippen LogP contribution in [0.1, 0.15) is 11.1 Å². The van der Waals surface area contributed by atoms with Crippen LogP contribution in [0.2, 0.25) is 0 Å². The van der Waals surface area contributed by atoms with Crippen molar-refractivity contribution < 1.29 is 4.79 Å². The van der Waals surface area contributed by atoms with Gasteiger partial charge < -0.3 is 16.0 Å². The molecular weight excluding hydrogens is 222 g/mol. The van der Waals surface area contributed by atoms with E-state index in [-0.39, 0.29) is 6.03 Å². The van der Waals surface area contributed by atoms with Crippen molar-refractivity contribution in [1.82, 2.24) is 10.2 Å². The largest absolute Gasteiger partial charge is 0.389 e. The number of carbonyl (C=O) groups excluding carboxylic acids is 1. The minimum Gasteiger partial charge on any atom is -0.389 e. The van der Waals surface area contributed by atoms with Crippen LogP contribution in [-0.4, -0.2) is 30.0 Å². The van der Waals surface area contributed by atoms with Gasteiger partial charge in [-0.15, -0.1) is 0 Å². The molecule has 0 radical (unpaired) electrons. The van der Waals surface area contributed by atoms with E-state index in [1.165, 1.54) is 0 Å². The normalized spacial score (nSPS) is 9.62. The monoisotopic (exact) mass is 237 g/mol. The highest BCUT2D eigenvalue weighted by Gasteiger charge is 2.07. The van der Waals surface area contributed by atoms with Gasteiger partial charge >= 0.3 is 6.03 Å². The van der Waals surface area contributed by atoms with E-state index in [0.29, 0.717) is 11.5 Å². The Kier molecular flexibility index (Phi) is 4.25. The summed E-state index contributed by atoms with van der Waals surface area (Å²) in [4.78, 5) is 13.2. The van der Waals surface area contributed by atoms with Crippen LogP contribution in [0.4, 0.5) is 4.79 Å². The van der Waals surface area contributed by atoms with Crippen molar-refractivity contribution in [1.29, 1.82) is 0 Å². The summed E-state index contributed by atoms with van der Waals surface area (Å²) < 4.78 is 0. The summed E-state index contributed by atoms with van der Waals surface area (Å²) in [6.07, 6.45) is 0. The Bertz CT molecular complexity index is 406. The number of benzene rings is 1. The number of thiocarbonyl (C=S) groups is 1. The summed E-state index contributed by atoms with van der Waals surface area (Å²) in [6, 6.07) is 7.43. The van der Waals surface area contributed by atoms with E-state index in [2.05, 4.69) is 5.32 Å². The molecule has 0 fully saturated rings. The first-order valence-corrected chi connectivity index (χ1v) is 5.27. The van der Waals surface area contributed by atoms with Crippen LogP contribution in [0.25, 0.3) is 0 Å². The number of amides is 2. The second-order valence-electron chi connectivity index (χ2n) is 3.48. The molecule has 3 N–H and O–H groups in total. The fourth-order valence-electron chi connectivity index (χ4n) is 1.36. The van der Waals surface area contributed by atoms with Gasteiger partial charge in [-0.2, -0.15) is 0 Å². The number of hydrogen-bond donors (Lipinski definition) is 2. The number of carbonyl (C=O) groups is 1. The molecular formula is C11H15N3OS. The first-order chi connectivity index (χ1) is 7.54. The average molecular weight is 237 g/mol. The molecule has 0 saturated heterocycles. The lowest BCUT2D eigenvalue weighted by Gasteiger charge is -2.16. The highest BCUT2D eigenvalue weighted by molar-refractivity contribution is 7.80. The zero-order chi connectivity index (χ0) is 12.1. The van der Waals surface area contributed by atoms with Gasteiger partial charge in [0.25, 0.3) is 0 Å². The maximum atomic E-state index is 11.3. The molecule has 0 atom stereocenters. The second-order valence-corrected chi connectivity index (χ2v) is 3.92. The standard InChI is InChI=1S/C11H15N3OS/c1-13-11(15)14(2)7-8-4-3-5-9(6-8)10(12)16/h3-6H,7H2,1-2H3,(H2,12,16)(H,13,15). The molecule has 86 valence electrons. The van der Waals surface area contributed by atoms with Crippen molar-refractivity contribution in [3.05, 3.63) is 35.4 Å². The van der Waals surface area contributed by atoms with E-state index < -0.39 is 0 Å². The smallest absolute Gasteiger partial charge is 0.317 e. The molecule has 0 aliphatic carbocycles. The Hall–Kier alpha value is -1.62. The molecule has 0 saturated carbocycles. The summed E-state index contributed by atoms with van der Waals surface area (Å²) in [6.45, 7) is 0.524. The molecule has 0 heterocycles. The van der Waals surface area contributed by atoms with Crippen LogP contribution in [0, 0.1) is 0 Å². The fourth-order valence-corrected chi connectivity index (χ4v) is 1.49. The van der Waals surface area contributed by atoms with E-state index in [9.17, 15) is 4.79 Å². The predicted molar refractivity (Wildman–Crippen MR) is 68.3 cm³/mol. The van der Waals surface area contributed by atoms with E-state index in [1.54, 1.807) is 19.0 Å². The molecule has 16 heavy (non-hydrogen) atoms. The van der Waals surface area contributed by atoms with Crippen LogP contribution in [-0.2, 0) is 6.54 Å². The number of rotatable bonds is 3. The zero-order valence-electron chi connectivity index (χ0n) is 9.36. The predicted octanol–water partition coefficient (Wildman–Crippen LogP) is 1.09. The fraction of sp³-hybridized carbons (Fsp3) is 0.273. The average Bonchev–Trinajstić information content (AvgIpc) is 2.28. The molecule has 2 amide bonds. The van der Waals surface area contributed by atoms with Crippen LogP contribution in [0.5, 0.6) is 0 Å². The number of nitrogens with two attached hydrogens (primary N) is 1. The number of nitrogens with zero attached hydrogens (tertiary/aromatic N) is 1. The molecule has 5 heteroatoms. The molecule has 0 unspecified atom stereocenters. The maximum Gasteiger partial charge on any atom is 0.317 e. The van der Waals surface area contributed by atoms with Crippen molar-refractivity contribution in [3.8, 4) is 0 Å². The molecule has 0 spiro atoms. The third-order valence-corrected chi connectivity index (χ3v) is 2.43. The van der Waals surface area contributed by atoms with Crippen molar-refractivity contribution in [2.24, 2.45) is 5.73 Å². The Morgan fingerprint density at radius 1 is 1.56 bits per heavy atom. The molecule has 1 aromatic carbocycles. The Morgan fingerprint density at radius 2 is 2.25 bits per heavy atom. The molecule has 1 rings (SSSR count). The first kappa shape index (κ1) is 12.4. The Balaban J connectivity index is 2.78. The van der Waals surface area contributed by atoms with E-state index in [0.717, 1.165) is 11.1 Å². The second kappa shape index (κ2) is 5.46. The van der Waals surface area contributed by atoms with Gasteiger partial charge in [-0.1, -0.05) is 30.4 Å². The lowest BCUT2D eigenvalue weighted by Crippen LogP contribution is -2.34. The first-order valence-electron chi connectivity index (χ1n) is 4.86. The van der Waals surface area contributed by atoms with Gasteiger partial charge in [0.05, 0.1) is 0 Å². The summed E-state index contributed by atoms with van der Waals surface area (Å²) in [5.74, 6) is 0. The highest BCUT2D eigenvalue weighted by Crippen LogP contribution is 2.07. The number of urea groups is 1. The van der Waals surface area contributed by atoms with Gasteiger partial charge in [0, 0.05) is 26.2 Å². The number of nitrogens with one attached hydrogen (secondary N) is 1. The molecule has 1 aromatic rings. The summed E-state index contributed by atoms with van der Waals surface area (Å²) in [5, 5.41) is 2.56. The topological polar surface area (TPSA) is 58.4 Å². The third-order valence-electron chi connectivity index (χ3n) is 2.19. The van der Waals surface area contributed by atoms with Crippen molar-refractivity contribution in [2.75, 3.05) is 14.1 Å².